The molecule has 0 bridgehead atoms. The zero-order valence-electron chi connectivity index (χ0n) is 28.4. The van der Waals surface area contributed by atoms with Crippen molar-refractivity contribution >= 4 is 70.1 Å². The van der Waals surface area contributed by atoms with Crippen LogP contribution in [0.5, 0.6) is 0 Å². The Morgan fingerprint density at radius 3 is 1.44 bits per heavy atom. The Balaban J connectivity index is 1.10. The van der Waals surface area contributed by atoms with Crippen molar-refractivity contribution in [3.63, 3.8) is 0 Å². The Kier molecular flexibility index (Phi) is 7.41. The van der Waals surface area contributed by atoms with Gasteiger partial charge in [0.05, 0.1) is 0 Å². The highest BCUT2D eigenvalue weighted by atomic mass is 32.1. The summed E-state index contributed by atoms with van der Waals surface area (Å²) in [5.74, 6) is 0. The van der Waals surface area contributed by atoms with Crippen LogP contribution in [-0.4, -0.2) is 0 Å². The Bertz CT molecular complexity index is 2910. The molecule has 1 heterocycles. The van der Waals surface area contributed by atoms with Gasteiger partial charge >= 0.3 is 0 Å². The van der Waals surface area contributed by atoms with Crippen LogP contribution >= 0.6 is 11.3 Å². The van der Waals surface area contributed by atoms with Crippen LogP contribution < -0.4 is 4.90 Å². The number of nitrogens with zero attached hydrogens (tertiary/aromatic N) is 1. The summed E-state index contributed by atoms with van der Waals surface area (Å²) in [4.78, 5) is 2.41. The first kappa shape index (κ1) is 30.4. The fraction of sp³-hybridized carbons (Fsp3) is 0. The maximum atomic E-state index is 2.41. The predicted molar refractivity (Wildman–Crippen MR) is 225 cm³/mol. The van der Waals surface area contributed by atoms with Crippen molar-refractivity contribution < 1.29 is 0 Å². The van der Waals surface area contributed by atoms with E-state index in [0.717, 1.165) is 17.1 Å². The molecule has 0 spiro atoms. The van der Waals surface area contributed by atoms with Gasteiger partial charge in [-0.3, -0.25) is 0 Å². The van der Waals surface area contributed by atoms with E-state index in [2.05, 4.69) is 205 Å². The van der Waals surface area contributed by atoms with E-state index in [1.165, 1.54) is 75.1 Å². The largest absolute Gasteiger partial charge is 0.310 e. The first-order valence-electron chi connectivity index (χ1n) is 17.7. The van der Waals surface area contributed by atoms with Crippen molar-refractivity contribution in [1.82, 2.24) is 0 Å². The molecule has 0 saturated carbocycles. The van der Waals surface area contributed by atoms with Crippen LogP contribution in [0.25, 0.3) is 75.1 Å². The molecule has 0 aliphatic rings. The van der Waals surface area contributed by atoms with Crippen molar-refractivity contribution in [1.29, 1.82) is 0 Å². The summed E-state index contributed by atoms with van der Waals surface area (Å²) in [6.07, 6.45) is 0. The molecule has 0 fully saturated rings. The standard InChI is InChI=1S/C50H33NS/c1-3-10-34(11-4-1)38-14-9-15-44(31-38)51(46-26-27-50-48(33-46)47-16-7-8-17-49(47)52-50)45-25-24-37-20-23-41(30-43(37)32-45)40-22-19-36-18-21-39(28-42(36)29-40)35-12-5-2-6-13-35/h1-33H. The van der Waals surface area contributed by atoms with Gasteiger partial charge in [-0.1, -0.05) is 133 Å². The van der Waals surface area contributed by atoms with Gasteiger partial charge in [0.15, 0.2) is 0 Å². The Labute approximate surface area is 307 Å². The summed E-state index contributed by atoms with van der Waals surface area (Å²) in [5.41, 5.74) is 10.7. The average Bonchev–Trinajstić information content (AvgIpc) is 3.59. The molecule has 0 unspecified atom stereocenters. The minimum Gasteiger partial charge on any atom is -0.310 e. The van der Waals surface area contributed by atoms with Crippen molar-refractivity contribution in [3.8, 4) is 33.4 Å². The molecule has 244 valence electrons. The van der Waals surface area contributed by atoms with Gasteiger partial charge in [-0.05, 0) is 122 Å². The summed E-state index contributed by atoms with van der Waals surface area (Å²) in [6, 6.07) is 73.1. The summed E-state index contributed by atoms with van der Waals surface area (Å²) in [5, 5.41) is 7.51. The van der Waals surface area contributed by atoms with Crippen LogP contribution in [0.3, 0.4) is 0 Å². The van der Waals surface area contributed by atoms with Crippen LogP contribution in [0, 0.1) is 0 Å². The average molecular weight is 680 g/mol. The minimum atomic E-state index is 1.12. The van der Waals surface area contributed by atoms with E-state index >= 15 is 0 Å². The molecule has 1 nitrogen and oxygen atoms in total. The van der Waals surface area contributed by atoms with E-state index < -0.39 is 0 Å². The minimum absolute atomic E-state index is 1.12. The second kappa shape index (κ2) is 12.7. The summed E-state index contributed by atoms with van der Waals surface area (Å²) in [6.45, 7) is 0. The predicted octanol–water partition coefficient (Wildman–Crippen LogP) is 14.8. The molecule has 52 heavy (non-hydrogen) atoms. The number of fused-ring (bicyclic) bond motifs is 5. The molecule has 1 aromatic heterocycles. The molecule has 0 N–H and O–H groups in total. The second-order valence-corrected chi connectivity index (χ2v) is 14.5. The molecule has 10 rings (SSSR count). The first-order chi connectivity index (χ1) is 25.7. The van der Waals surface area contributed by atoms with Crippen molar-refractivity contribution in [2.24, 2.45) is 0 Å². The molecule has 0 saturated heterocycles. The normalized spacial score (nSPS) is 11.5. The number of anilines is 3. The molecule has 2 heteroatoms. The highest BCUT2D eigenvalue weighted by Gasteiger charge is 2.17. The van der Waals surface area contributed by atoms with Gasteiger partial charge in [0.25, 0.3) is 0 Å². The fourth-order valence-electron chi connectivity index (χ4n) is 7.54. The van der Waals surface area contributed by atoms with Gasteiger partial charge in [-0.25, -0.2) is 0 Å². The lowest BCUT2D eigenvalue weighted by molar-refractivity contribution is 1.30. The third-order valence-corrected chi connectivity index (χ3v) is 11.3. The van der Waals surface area contributed by atoms with E-state index in [-0.39, 0.29) is 0 Å². The molecule has 0 atom stereocenters. The lowest BCUT2D eigenvalue weighted by Crippen LogP contribution is -2.10. The van der Waals surface area contributed by atoms with Gasteiger partial charge in [0.1, 0.15) is 0 Å². The van der Waals surface area contributed by atoms with Crippen molar-refractivity contribution in [3.05, 3.63) is 200 Å². The van der Waals surface area contributed by atoms with Crippen molar-refractivity contribution in [2.45, 2.75) is 0 Å². The third-order valence-electron chi connectivity index (χ3n) is 10.2. The van der Waals surface area contributed by atoms with E-state index in [0.29, 0.717) is 0 Å². The number of hydrogen-bond acceptors (Lipinski definition) is 2. The monoisotopic (exact) mass is 679 g/mol. The molecule has 0 aliphatic heterocycles. The quantitative estimate of drug-likeness (QED) is 0.169. The lowest BCUT2D eigenvalue weighted by atomic mass is 9.96. The summed E-state index contributed by atoms with van der Waals surface area (Å²) < 4.78 is 2.62. The Hall–Kier alpha value is -6.48. The molecule has 0 amide bonds. The zero-order valence-corrected chi connectivity index (χ0v) is 29.2. The molecule has 0 aliphatic carbocycles. The zero-order chi connectivity index (χ0) is 34.4. The van der Waals surface area contributed by atoms with Gasteiger partial charge in [0.2, 0.25) is 0 Å². The molecule has 9 aromatic carbocycles. The Morgan fingerprint density at radius 1 is 0.269 bits per heavy atom. The summed E-state index contributed by atoms with van der Waals surface area (Å²) in [7, 11) is 0. The fourth-order valence-corrected chi connectivity index (χ4v) is 8.63. The van der Waals surface area contributed by atoms with Crippen LogP contribution in [-0.2, 0) is 0 Å². The van der Waals surface area contributed by atoms with E-state index in [1.54, 1.807) is 0 Å². The maximum Gasteiger partial charge on any atom is 0.0468 e. The molecular formula is C50H33NS. The van der Waals surface area contributed by atoms with Crippen LogP contribution in [0.4, 0.5) is 17.1 Å². The maximum absolute atomic E-state index is 2.41. The highest BCUT2D eigenvalue weighted by molar-refractivity contribution is 7.25. The van der Waals surface area contributed by atoms with E-state index in [9.17, 15) is 0 Å². The second-order valence-electron chi connectivity index (χ2n) is 13.4. The number of hydrogen-bond donors (Lipinski definition) is 0. The number of rotatable bonds is 6. The van der Waals surface area contributed by atoms with Crippen molar-refractivity contribution in [2.75, 3.05) is 4.90 Å². The first-order valence-corrected chi connectivity index (χ1v) is 18.6. The van der Waals surface area contributed by atoms with Gasteiger partial charge in [0, 0.05) is 37.2 Å². The van der Waals surface area contributed by atoms with E-state index in [1.807, 2.05) is 11.3 Å². The van der Waals surface area contributed by atoms with Gasteiger partial charge < -0.3 is 4.90 Å². The van der Waals surface area contributed by atoms with E-state index in [4.69, 9.17) is 0 Å². The topological polar surface area (TPSA) is 3.24 Å². The van der Waals surface area contributed by atoms with Crippen LogP contribution in [0.2, 0.25) is 0 Å². The smallest absolute Gasteiger partial charge is 0.0468 e. The lowest BCUT2D eigenvalue weighted by Gasteiger charge is -2.26. The molecular weight excluding hydrogens is 647 g/mol. The molecule has 10 aromatic rings. The Morgan fingerprint density at radius 2 is 0.750 bits per heavy atom. The van der Waals surface area contributed by atoms with Crippen LogP contribution in [0.1, 0.15) is 0 Å². The number of benzene rings is 9. The highest BCUT2D eigenvalue weighted by Crippen LogP contribution is 2.42. The number of thiophene rings is 1. The van der Waals surface area contributed by atoms with Crippen LogP contribution in [0.15, 0.2) is 200 Å². The third kappa shape index (κ3) is 5.51. The van der Waals surface area contributed by atoms with Gasteiger partial charge in [-0.2, -0.15) is 0 Å². The summed E-state index contributed by atoms with van der Waals surface area (Å²) >= 11 is 1.86. The SMILES string of the molecule is c1ccc(-c2cccc(N(c3ccc4ccc(-c5ccc6ccc(-c7ccccc7)cc6c5)cc4c3)c3ccc4sc5ccccc5c4c3)c2)cc1. The van der Waals surface area contributed by atoms with Gasteiger partial charge in [-0.15, -0.1) is 11.3 Å². The molecule has 0 radical (unpaired) electrons.